The number of phenolic OH excluding ortho intramolecular Hbond substituents is 2. The molecule has 0 saturated carbocycles. The Balaban J connectivity index is 1.83. The first-order valence-electron chi connectivity index (χ1n) is 12.2. The summed E-state index contributed by atoms with van der Waals surface area (Å²) in [5, 5.41) is 20.0. The molecule has 2 N–H and O–H groups in total. The highest BCUT2D eigenvalue weighted by Crippen LogP contribution is 2.28. The molecule has 0 bridgehead atoms. The van der Waals surface area contributed by atoms with E-state index in [0.29, 0.717) is 11.5 Å². The van der Waals surface area contributed by atoms with Crippen LogP contribution in [0.25, 0.3) is 0 Å². The monoisotopic (exact) mass is 504 g/mol. The van der Waals surface area contributed by atoms with Gasteiger partial charge in [0.15, 0.2) is 8.32 Å². The van der Waals surface area contributed by atoms with Crippen molar-refractivity contribution in [2.45, 2.75) is 89.7 Å². The molecule has 2 aromatic carbocycles. The minimum atomic E-state index is -2.26. The summed E-state index contributed by atoms with van der Waals surface area (Å²) in [5.74, 6) is 0.789. The first-order chi connectivity index (χ1) is 15.3. The van der Waals surface area contributed by atoms with Gasteiger partial charge in [-0.3, -0.25) is 0 Å². The van der Waals surface area contributed by atoms with Gasteiger partial charge in [0.1, 0.15) is 11.5 Å². The van der Waals surface area contributed by atoms with Gasteiger partial charge in [0, 0.05) is 5.73 Å². The van der Waals surface area contributed by atoms with Gasteiger partial charge in [0.05, 0.1) is 8.07 Å². The van der Waals surface area contributed by atoms with E-state index in [1.165, 1.54) is 0 Å². The molecule has 0 heterocycles. The lowest BCUT2D eigenvalue weighted by Crippen LogP contribution is -2.53. The molecule has 0 saturated heterocycles. The van der Waals surface area contributed by atoms with Crippen LogP contribution in [0, 0.1) is 0 Å². The molecule has 0 amide bonds. The third kappa shape index (κ3) is 9.41. The van der Waals surface area contributed by atoms with Gasteiger partial charge in [0.25, 0.3) is 0 Å². The topological polar surface area (TPSA) is 58.9 Å². The number of hydrogen-bond donors (Lipinski definition) is 2. The van der Waals surface area contributed by atoms with Crippen molar-refractivity contribution in [1.82, 2.24) is 0 Å². The second kappa shape index (κ2) is 11.8. The van der Waals surface area contributed by atoms with Gasteiger partial charge >= 0.3 is 8.56 Å². The van der Waals surface area contributed by atoms with Crippen LogP contribution >= 0.6 is 0 Å². The number of para-hydroxylation sites is 2. The molecule has 1 unspecified atom stereocenters. The minimum Gasteiger partial charge on any atom is -0.508 e. The van der Waals surface area contributed by atoms with Crippen molar-refractivity contribution >= 4 is 25.0 Å². The molecule has 4 nitrogen and oxygen atoms in total. The first-order valence-corrected chi connectivity index (χ1v) is 21.4. The van der Waals surface area contributed by atoms with E-state index in [4.69, 9.17) is 8.54 Å². The van der Waals surface area contributed by atoms with E-state index < -0.39 is 25.0 Å². The summed E-state index contributed by atoms with van der Waals surface area (Å²) in [6.45, 7) is 16.0. The molecule has 184 valence electrons. The van der Waals surface area contributed by atoms with E-state index in [-0.39, 0.29) is 5.73 Å². The smallest absolute Gasteiger partial charge is 0.321 e. The molecule has 0 radical (unpaired) electrons. The van der Waals surface area contributed by atoms with E-state index >= 15 is 0 Å². The van der Waals surface area contributed by atoms with Crippen molar-refractivity contribution in [1.29, 1.82) is 0 Å². The Morgan fingerprint density at radius 2 is 1.18 bits per heavy atom. The van der Waals surface area contributed by atoms with Crippen LogP contribution in [-0.4, -0.2) is 40.9 Å². The quantitative estimate of drug-likeness (QED) is 0.282. The molecule has 33 heavy (non-hydrogen) atoms. The van der Waals surface area contributed by atoms with Crippen molar-refractivity contribution in [3.05, 3.63) is 59.7 Å². The fraction of sp³-hybridized carbons (Fsp3) is 0.538. The van der Waals surface area contributed by atoms with Crippen LogP contribution in [0.1, 0.15) is 30.9 Å². The first kappa shape index (κ1) is 27.9. The van der Waals surface area contributed by atoms with Gasteiger partial charge in [0.2, 0.25) is 0 Å². The van der Waals surface area contributed by atoms with Crippen LogP contribution in [-0.2, 0) is 21.4 Å². The predicted molar refractivity (Wildman–Crippen MR) is 147 cm³/mol. The Bertz CT molecular complexity index is 883. The molecule has 0 aliphatic carbocycles. The number of hydrogen-bond acceptors (Lipinski definition) is 4. The van der Waals surface area contributed by atoms with Gasteiger partial charge in [-0.05, 0) is 81.7 Å². The van der Waals surface area contributed by atoms with Crippen LogP contribution in [0.15, 0.2) is 48.5 Å². The average Bonchev–Trinajstić information content (AvgIpc) is 2.69. The normalized spacial score (nSPS) is 13.8. The Kier molecular flexibility index (Phi) is 9.99. The number of rotatable bonds is 13. The summed E-state index contributed by atoms with van der Waals surface area (Å²) in [5.41, 5.74) is 2.28. The van der Waals surface area contributed by atoms with E-state index in [1.807, 2.05) is 36.4 Å². The third-order valence-electron chi connectivity index (χ3n) is 6.56. The lowest BCUT2D eigenvalue weighted by molar-refractivity contribution is 0.222. The van der Waals surface area contributed by atoms with Crippen molar-refractivity contribution in [2.75, 3.05) is 0 Å². The maximum Gasteiger partial charge on any atom is 0.321 e. The third-order valence-corrected chi connectivity index (χ3v) is 17.4. The molecular weight excluding hydrogens is 461 g/mol. The molecule has 0 fully saturated rings. The van der Waals surface area contributed by atoms with Gasteiger partial charge in [-0.25, -0.2) is 0 Å². The molecule has 0 aromatic heterocycles. The molecule has 0 spiro atoms. The highest BCUT2D eigenvalue weighted by atomic mass is 28.4. The number of aryl methyl sites for hydroxylation is 2. The Morgan fingerprint density at radius 1 is 0.727 bits per heavy atom. The maximum atomic E-state index is 10.0. The van der Waals surface area contributed by atoms with Gasteiger partial charge in [-0.2, -0.15) is 0 Å². The van der Waals surface area contributed by atoms with Gasteiger partial charge in [-0.15, -0.1) is 0 Å². The van der Waals surface area contributed by atoms with Crippen molar-refractivity contribution in [2.24, 2.45) is 0 Å². The van der Waals surface area contributed by atoms with E-state index in [2.05, 4.69) is 46.2 Å². The van der Waals surface area contributed by atoms with Crippen molar-refractivity contribution in [3.8, 4) is 11.5 Å². The van der Waals surface area contributed by atoms with Crippen LogP contribution in [0.2, 0.25) is 51.4 Å². The van der Waals surface area contributed by atoms with Gasteiger partial charge < -0.3 is 18.8 Å². The lowest BCUT2D eigenvalue weighted by atomic mass is 10.1. The Labute approximate surface area is 204 Å². The zero-order chi connectivity index (χ0) is 24.7. The maximum absolute atomic E-state index is 10.0. The molecule has 2 rings (SSSR count). The largest absolute Gasteiger partial charge is 0.508 e. The summed E-state index contributed by atoms with van der Waals surface area (Å²) in [7, 11) is -5.73. The molecule has 7 heteroatoms. The van der Waals surface area contributed by atoms with Crippen LogP contribution in [0.3, 0.4) is 0 Å². The lowest BCUT2D eigenvalue weighted by Gasteiger charge is -2.39. The zero-order valence-electron chi connectivity index (χ0n) is 21.6. The number of benzene rings is 2. The molecular formula is C26H44O4Si3. The highest BCUT2D eigenvalue weighted by molar-refractivity contribution is 6.83. The fourth-order valence-corrected chi connectivity index (χ4v) is 15.8. The van der Waals surface area contributed by atoms with Crippen LogP contribution < -0.4 is 0 Å². The summed E-state index contributed by atoms with van der Waals surface area (Å²) in [6, 6.07) is 17.5. The second-order valence-corrected chi connectivity index (χ2v) is 24.1. The number of phenols is 2. The Morgan fingerprint density at radius 3 is 1.67 bits per heavy atom. The second-order valence-electron chi connectivity index (χ2n) is 11.0. The van der Waals surface area contributed by atoms with Crippen LogP contribution in [0.5, 0.6) is 11.5 Å². The van der Waals surface area contributed by atoms with Crippen molar-refractivity contribution in [3.63, 3.8) is 0 Å². The average molecular weight is 505 g/mol. The predicted octanol–water partition coefficient (Wildman–Crippen LogP) is 7.24. The molecule has 0 aliphatic rings. The zero-order valence-corrected chi connectivity index (χ0v) is 24.6. The van der Waals surface area contributed by atoms with Crippen molar-refractivity contribution < 1.29 is 18.8 Å². The van der Waals surface area contributed by atoms with E-state index in [9.17, 15) is 10.2 Å². The molecule has 0 aliphatic heterocycles. The highest BCUT2D eigenvalue weighted by Gasteiger charge is 2.39. The minimum absolute atomic E-state index is 0.231. The standard InChI is InChI=1S/C26H44O4Si3/c1-22(31(2,3)20-12-16-23-14-8-10-18-25(23)27)29-33(6,7)30-32(4,5)21-13-17-24-15-9-11-19-26(24)28/h8-11,14-15,18-19,22,27-28H,12-13,16-17,20-21H2,1-7H3. The summed E-state index contributed by atoms with van der Waals surface area (Å²) in [4.78, 5) is 0. The Hall–Kier alpha value is -1.39. The SMILES string of the molecule is CC(O[Si](C)(C)O[Si](C)(C)CCCc1ccccc1O)[Si](C)(C)CCCc1ccccc1O. The molecule has 2 aromatic rings. The van der Waals surface area contributed by atoms with E-state index in [1.54, 1.807) is 12.1 Å². The van der Waals surface area contributed by atoms with E-state index in [0.717, 1.165) is 48.9 Å². The van der Waals surface area contributed by atoms with Crippen LogP contribution in [0.4, 0.5) is 0 Å². The fourth-order valence-electron chi connectivity index (χ4n) is 4.41. The summed E-state index contributed by atoms with van der Waals surface area (Å²) in [6.07, 6.45) is 3.87. The summed E-state index contributed by atoms with van der Waals surface area (Å²) < 4.78 is 13.4. The number of aromatic hydroxyl groups is 2. The summed E-state index contributed by atoms with van der Waals surface area (Å²) >= 11 is 0. The van der Waals surface area contributed by atoms with Gasteiger partial charge in [-0.1, -0.05) is 62.0 Å². The molecule has 1 atom stereocenters.